The van der Waals surface area contributed by atoms with Crippen LogP contribution in [0.2, 0.25) is 0 Å². The van der Waals surface area contributed by atoms with E-state index >= 15 is 0 Å². The topological polar surface area (TPSA) is 63.0 Å². The molecule has 0 spiro atoms. The molecule has 4 nitrogen and oxygen atoms in total. The molecule has 0 radical (unpaired) electrons. The lowest BCUT2D eigenvalue weighted by Gasteiger charge is -2.17. The molecule has 0 unspecified atom stereocenters. The molecule has 0 bridgehead atoms. The number of ether oxygens (including phenoxy) is 1. The van der Waals surface area contributed by atoms with Gasteiger partial charge in [0, 0.05) is 22.6 Å². The van der Waals surface area contributed by atoms with Crippen LogP contribution in [-0.2, 0) is 18.6 Å². The van der Waals surface area contributed by atoms with Crippen LogP contribution < -0.4 is 4.74 Å². The number of carbonyl (C=O) groups excluding carboxylic acids is 1. The van der Waals surface area contributed by atoms with Crippen LogP contribution >= 0.6 is 11.8 Å². The predicted molar refractivity (Wildman–Crippen MR) is 103 cm³/mol. The second-order valence-electron chi connectivity index (χ2n) is 6.37. The molecular weight excluding hydrogens is 344 g/mol. The third-order valence-electron chi connectivity index (χ3n) is 4.52. The summed E-state index contributed by atoms with van der Waals surface area (Å²) in [4.78, 5) is 16.5. The summed E-state index contributed by atoms with van der Waals surface area (Å²) in [5.41, 5.74) is 4.60. The molecule has 5 heteroatoms. The molecule has 0 aliphatic heterocycles. The number of aromatic nitrogens is 1. The van der Waals surface area contributed by atoms with Gasteiger partial charge in [-0.2, -0.15) is 5.26 Å². The quantitative estimate of drug-likeness (QED) is 0.546. The summed E-state index contributed by atoms with van der Waals surface area (Å²) >= 11 is 1.53. The number of hydrogen-bond acceptors (Lipinski definition) is 5. The first-order chi connectivity index (χ1) is 12.6. The van der Waals surface area contributed by atoms with Gasteiger partial charge in [-0.25, -0.2) is 4.98 Å². The van der Waals surface area contributed by atoms with E-state index in [2.05, 4.69) is 6.07 Å². The fraction of sp³-hybridized carbons (Fsp3) is 0.381. The van der Waals surface area contributed by atoms with E-state index in [9.17, 15) is 10.1 Å². The highest BCUT2D eigenvalue weighted by molar-refractivity contribution is 7.98. The monoisotopic (exact) mass is 366 g/mol. The Balaban J connectivity index is 1.87. The van der Waals surface area contributed by atoms with E-state index in [1.807, 2.05) is 25.1 Å². The Hall–Kier alpha value is -2.32. The van der Waals surface area contributed by atoms with Gasteiger partial charge in [0.05, 0.1) is 12.2 Å². The van der Waals surface area contributed by atoms with Gasteiger partial charge >= 0.3 is 0 Å². The van der Waals surface area contributed by atoms with Crippen molar-refractivity contribution in [2.24, 2.45) is 0 Å². The van der Waals surface area contributed by atoms with E-state index in [4.69, 9.17) is 9.72 Å². The molecule has 0 saturated heterocycles. The van der Waals surface area contributed by atoms with Gasteiger partial charge in [-0.3, -0.25) is 4.79 Å². The Morgan fingerprint density at radius 2 is 2.12 bits per heavy atom. The van der Waals surface area contributed by atoms with Crippen LogP contribution in [0.3, 0.4) is 0 Å². The minimum Gasteiger partial charge on any atom is -0.494 e. The molecule has 1 heterocycles. The fourth-order valence-corrected chi connectivity index (χ4v) is 4.11. The molecule has 2 aromatic rings. The number of pyridine rings is 1. The summed E-state index contributed by atoms with van der Waals surface area (Å²) in [6.07, 6.45) is 4.32. The molecule has 1 aliphatic rings. The number of nitrogens with zero attached hydrogens (tertiary/aromatic N) is 2. The molecule has 1 aromatic heterocycles. The van der Waals surface area contributed by atoms with Gasteiger partial charge in [0.2, 0.25) is 0 Å². The zero-order valence-corrected chi connectivity index (χ0v) is 16.0. The van der Waals surface area contributed by atoms with Crippen molar-refractivity contribution in [2.45, 2.75) is 50.3 Å². The summed E-state index contributed by atoms with van der Waals surface area (Å²) in [6.45, 7) is 4.07. The largest absolute Gasteiger partial charge is 0.494 e. The van der Waals surface area contributed by atoms with Gasteiger partial charge in [-0.15, -0.1) is 11.8 Å². The smallest absolute Gasteiger partial charge is 0.159 e. The lowest BCUT2D eigenvalue weighted by molar-refractivity contribution is 0.101. The maximum absolute atomic E-state index is 11.7. The second-order valence-corrected chi connectivity index (χ2v) is 7.33. The zero-order valence-electron chi connectivity index (χ0n) is 15.2. The highest BCUT2D eigenvalue weighted by Crippen LogP contribution is 2.32. The van der Waals surface area contributed by atoms with Crippen molar-refractivity contribution in [1.82, 2.24) is 4.98 Å². The van der Waals surface area contributed by atoms with Gasteiger partial charge < -0.3 is 4.74 Å². The highest BCUT2D eigenvalue weighted by atomic mass is 32.2. The van der Waals surface area contributed by atoms with Crippen molar-refractivity contribution in [3.8, 4) is 11.8 Å². The lowest BCUT2D eigenvalue weighted by Crippen LogP contribution is -2.07. The Morgan fingerprint density at radius 3 is 2.85 bits per heavy atom. The first kappa shape index (κ1) is 18.5. The molecule has 0 amide bonds. The molecule has 1 aliphatic carbocycles. The number of rotatable bonds is 6. The molecule has 0 saturated carbocycles. The third kappa shape index (κ3) is 4.08. The maximum atomic E-state index is 11.7. The minimum absolute atomic E-state index is 0.0314. The van der Waals surface area contributed by atoms with Crippen LogP contribution in [0.15, 0.2) is 29.3 Å². The fourth-order valence-electron chi connectivity index (χ4n) is 3.16. The Labute approximate surface area is 158 Å². The Bertz CT molecular complexity index is 871. The molecule has 0 atom stereocenters. The molecule has 3 rings (SSSR count). The average molecular weight is 366 g/mol. The number of aryl methyl sites for hydroxylation is 2. The van der Waals surface area contributed by atoms with Gasteiger partial charge in [0.25, 0.3) is 0 Å². The number of carbonyl (C=O) groups is 1. The summed E-state index contributed by atoms with van der Waals surface area (Å²) in [5, 5.41) is 10.3. The second kappa shape index (κ2) is 8.37. The number of thioether (sulfide) groups is 1. The molecule has 1 aromatic carbocycles. The van der Waals surface area contributed by atoms with E-state index < -0.39 is 0 Å². The third-order valence-corrected chi connectivity index (χ3v) is 5.56. The lowest BCUT2D eigenvalue weighted by atomic mass is 9.95. The standard InChI is InChI=1S/C21H22N2O2S/c1-3-25-20-9-8-15(14(2)24)10-18(20)13-26-21-17(12-22)11-16-6-4-5-7-19(16)23-21/h8-11H,3-7,13H2,1-2H3. The normalized spacial score (nSPS) is 13.0. The SMILES string of the molecule is CCOc1ccc(C(C)=O)cc1CSc1nc2c(cc1C#N)CCCC2. The Morgan fingerprint density at radius 1 is 1.31 bits per heavy atom. The summed E-state index contributed by atoms with van der Waals surface area (Å²) in [5.74, 6) is 1.42. The van der Waals surface area contributed by atoms with E-state index in [0.29, 0.717) is 23.5 Å². The van der Waals surface area contributed by atoms with Gasteiger partial charge in [0.15, 0.2) is 5.78 Å². The van der Waals surface area contributed by atoms with Crippen molar-refractivity contribution in [3.05, 3.63) is 52.2 Å². The van der Waals surface area contributed by atoms with Gasteiger partial charge in [0.1, 0.15) is 16.8 Å². The van der Waals surface area contributed by atoms with Crippen LogP contribution in [0, 0.1) is 11.3 Å². The highest BCUT2D eigenvalue weighted by Gasteiger charge is 2.16. The first-order valence-electron chi connectivity index (χ1n) is 8.94. The van der Waals surface area contributed by atoms with Gasteiger partial charge in [-0.05, 0) is 69.4 Å². The molecule has 0 fully saturated rings. The molecule has 0 N–H and O–H groups in total. The first-order valence-corrected chi connectivity index (χ1v) is 9.93. The van der Waals surface area contributed by atoms with Crippen molar-refractivity contribution in [3.63, 3.8) is 0 Å². The van der Waals surface area contributed by atoms with Crippen molar-refractivity contribution in [1.29, 1.82) is 5.26 Å². The number of ketones is 1. The number of Topliss-reactive ketones (excluding diaryl/α,β-unsaturated/α-hetero) is 1. The number of nitriles is 1. The van der Waals surface area contributed by atoms with Crippen molar-refractivity contribution in [2.75, 3.05) is 6.61 Å². The molecular formula is C21H22N2O2S. The maximum Gasteiger partial charge on any atom is 0.159 e. The van der Waals surface area contributed by atoms with Gasteiger partial charge in [-0.1, -0.05) is 0 Å². The van der Waals surface area contributed by atoms with E-state index in [1.165, 1.54) is 23.7 Å². The average Bonchev–Trinajstić information content (AvgIpc) is 2.66. The van der Waals surface area contributed by atoms with Crippen LogP contribution in [0.5, 0.6) is 5.75 Å². The molecule has 26 heavy (non-hydrogen) atoms. The van der Waals surface area contributed by atoms with E-state index in [-0.39, 0.29) is 5.78 Å². The number of benzene rings is 1. The van der Waals surface area contributed by atoms with Crippen LogP contribution in [0.1, 0.15) is 59.4 Å². The zero-order chi connectivity index (χ0) is 18.5. The summed E-state index contributed by atoms with van der Waals surface area (Å²) in [7, 11) is 0. The summed E-state index contributed by atoms with van der Waals surface area (Å²) in [6, 6.07) is 9.80. The van der Waals surface area contributed by atoms with E-state index in [0.717, 1.165) is 41.3 Å². The van der Waals surface area contributed by atoms with Crippen molar-refractivity contribution < 1.29 is 9.53 Å². The van der Waals surface area contributed by atoms with E-state index in [1.54, 1.807) is 13.0 Å². The number of fused-ring (bicyclic) bond motifs is 1. The van der Waals surface area contributed by atoms with Crippen LogP contribution in [0.4, 0.5) is 0 Å². The van der Waals surface area contributed by atoms with Crippen molar-refractivity contribution >= 4 is 17.5 Å². The number of hydrogen-bond donors (Lipinski definition) is 0. The van der Waals surface area contributed by atoms with Crippen LogP contribution in [0.25, 0.3) is 0 Å². The molecule has 134 valence electrons. The Kier molecular flexibility index (Phi) is 5.95. The summed E-state index contributed by atoms with van der Waals surface area (Å²) < 4.78 is 5.70. The minimum atomic E-state index is 0.0314. The predicted octanol–water partition coefficient (Wildman–Crippen LogP) is 4.73. The van der Waals surface area contributed by atoms with Crippen LogP contribution in [-0.4, -0.2) is 17.4 Å².